The molecule has 0 amide bonds. The molecule has 2 N–H and O–H groups in total. The molecule has 0 bridgehead atoms. The van der Waals surface area contributed by atoms with Crippen molar-refractivity contribution in [3.63, 3.8) is 0 Å². The zero-order valence-corrected chi connectivity index (χ0v) is 26.6. The number of ether oxygens (including phenoxy) is 11. The Kier molecular flexibility index (Phi) is 28.8. The molecule has 0 aliphatic rings. The first kappa shape index (κ1) is 40.8. The van der Waals surface area contributed by atoms with Gasteiger partial charge in [-0.3, -0.25) is 0 Å². The van der Waals surface area contributed by atoms with Crippen LogP contribution in [0.4, 0.5) is 4.39 Å². The number of carbonyl (C=O) groups is 1. The zero-order chi connectivity index (χ0) is 32.5. The van der Waals surface area contributed by atoms with Crippen LogP contribution in [0.2, 0.25) is 0 Å². The molecule has 0 aliphatic carbocycles. The lowest BCUT2D eigenvalue weighted by atomic mass is 10.2. The summed E-state index contributed by atoms with van der Waals surface area (Å²) in [7, 11) is 0. The highest BCUT2D eigenvalue weighted by atomic mass is 19.1. The van der Waals surface area contributed by atoms with Crippen LogP contribution in [0, 0.1) is 5.82 Å². The van der Waals surface area contributed by atoms with Crippen molar-refractivity contribution in [1.82, 2.24) is 0 Å². The molecular weight excluding hydrogens is 597 g/mol. The lowest BCUT2D eigenvalue weighted by molar-refractivity contribution is -0.137. The van der Waals surface area contributed by atoms with Gasteiger partial charge in [-0.15, -0.1) is 0 Å². The topological polar surface area (TPSA) is 145 Å². The molecule has 45 heavy (non-hydrogen) atoms. The van der Waals surface area contributed by atoms with Gasteiger partial charge in [-0.25, -0.2) is 9.18 Å². The first-order chi connectivity index (χ1) is 22.2. The van der Waals surface area contributed by atoms with E-state index in [1.165, 1.54) is 24.3 Å². The zero-order valence-electron chi connectivity index (χ0n) is 26.6. The van der Waals surface area contributed by atoms with E-state index in [0.29, 0.717) is 137 Å². The third-order valence-corrected chi connectivity index (χ3v) is 5.33. The molecule has 14 heteroatoms. The van der Waals surface area contributed by atoms with Crippen molar-refractivity contribution in [3.8, 4) is 5.75 Å². The molecule has 260 valence electrons. The molecule has 1 aromatic carbocycles. The monoisotopic (exact) mass is 649 g/mol. The van der Waals surface area contributed by atoms with Gasteiger partial charge in [0.2, 0.25) is 0 Å². The highest BCUT2D eigenvalue weighted by Gasteiger charge is 2.02. The van der Waals surface area contributed by atoms with Gasteiger partial charge in [-0.05, 0) is 30.7 Å². The molecule has 0 unspecified atom stereocenters. The predicted octanol–water partition coefficient (Wildman–Crippen LogP) is 1.89. The summed E-state index contributed by atoms with van der Waals surface area (Å²) >= 11 is 0. The Bertz CT molecular complexity index is 849. The Hall–Kier alpha value is -2.24. The van der Waals surface area contributed by atoms with Gasteiger partial charge in [0.25, 0.3) is 0 Å². The number of rotatable bonds is 33. The molecule has 0 aromatic heterocycles. The lowest BCUT2D eigenvalue weighted by Gasteiger charge is -2.09. The van der Waals surface area contributed by atoms with Gasteiger partial charge in [0.1, 0.15) is 18.2 Å². The Morgan fingerprint density at radius 2 is 0.978 bits per heavy atom. The van der Waals surface area contributed by atoms with Gasteiger partial charge in [0.15, 0.2) is 0 Å². The number of halogens is 1. The Labute approximate surface area is 266 Å². The molecular formula is C31H52FNO12. The minimum absolute atomic E-state index is 0.243. The van der Waals surface area contributed by atoms with Gasteiger partial charge in [-0.2, -0.15) is 0 Å². The first-order valence-electron chi connectivity index (χ1n) is 15.3. The summed E-state index contributed by atoms with van der Waals surface area (Å²) in [5.41, 5.74) is 5.82. The maximum absolute atomic E-state index is 13.8. The van der Waals surface area contributed by atoms with Crippen LogP contribution in [0.5, 0.6) is 5.75 Å². The van der Waals surface area contributed by atoms with Crippen LogP contribution in [0.1, 0.15) is 12.5 Å². The molecule has 0 heterocycles. The van der Waals surface area contributed by atoms with E-state index in [0.717, 1.165) is 0 Å². The molecule has 0 spiro atoms. The quantitative estimate of drug-likeness (QED) is 0.0673. The predicted molar refractivity (Wildman–Crippen MR) is 164 cm³/mol. The summed E-state index contributed by atoms with van der Waals surface area (Å²) in [5, 5.41) is 0. The minimum Gasteiger partial charge on any atom is -0.491 e. The normalized spacial score (nSPS) is 11.4. The van der Waals surface area contributed by atoms with Crippen LogP contribution in [-0.2, 0) is 52.2 Å². The van der Waals surface area contributed by atoms with Gasteiger partial charge < -0.3 is 57.8 Å². The van der Waals surface area contributed by atoms with Crippen LogP contribution in [0.15, 0.2) is 24.3 Å². The third-order valence-electron chi connectivity index (χ3n) is 5.33. The summed E-state index contributed by atoms with van der Waals surface area (Å²) in [6, 6.07) is 4.19. The van der Waals surface area contributed by atoms with Crippen molar-refractivity contribution in [3.05, 3.63) is 35.7 Å². The fourth-order valence-corrected chi connectivity index (χ4v) is 3.28. The number of carbonyl (C=O) groups excluding carboxylic acids is 1. The molecule has 13 nitrogen and oxygen atoms in total. The molecule has 1 aromatic rings. The van der Waals surface area contributed by atoms with E-state index in [-0.39, 0.29) is 13.2 Å². The summed E-state index contributed by atoms with van der Waals surface area (Å²) in [5.74, 6) is -0.617. The second kappa shape index (κ2) is 31.7. The van der Waals surface area contributed by atoms with Crippen molar-refractivity contribution in [2.24, 2.45) is 5.73 Å². The fraction of sp³-hybridized carbons (Fsp3) is 0.710. The standard InChI is InChI=1S/C31H52FNO12/c1-2-44-31(34)4-3-28-25-29(32)27-30(26-28)45-24-23-43-22-21-42-20-19-41-18-17-40-16-15-39-14-13-38-12-11-37-10-9-36-8-7-35-6-5-33/h3-4,25-27H,2,5-24,33H2,1H3/b4-3+. The summed E-state index contributed by atoms with van der Waals surface area (Å²) in [6.07, 6.45) is 2.71. The Morgan fingerprint density at radius 3 is 1.36 bits per heavy atom. The van der Waals surface area contributed by atoms with Gasteiger partial charge >= 0.3 is 5.97 Å². The third kappa shape index (κ3) is 27.8. The average Bonchev–Trinajstić information content (AvgIpc) is 3.03. The number of benzene rings is 1. The van der Waals surface area contributed by atoms with E-state index in [2.05, 4.69) is 0 Å². The van der Waals surface area contributed by atoms with Crippen molar-refractivity contribution in [1.29, 1.82) is 0 Å². The number of esters is 1. The highest BCUT2D eigenvalue weighted by molar-refractivity contribution is 5.87. The summed E-state index contributed by atoms with van der Waals surface area (Å²) in [6.45, 7) is 11.3. The maximum Gasteiger partial charge on any atom is 0.330 e. The number of nitrogens with two attached hydrogens (primary N) is 1. The molecule has 0 saturated carbocycles. The van der Waals surface area contributed by atoms with Crippen LogP contribution >= 0.6 is 0 Å². The molecule has 0 atom stereocenters. The van der Waals surface area contributed by atoms with Crippen molar-refractivity contribution >= 4 is 12.0 Å². The van der Waals surface area contributed by atoms with Gasteiger partial charge in [-0.1, -0.05) is 0 Å². The van der Waals surface area contributed by atoms with Gasteiger partial charge in [0, 0.05) is 18.7 Å². The van der Waals surface area contributed by atoms with Crippen molar-refractivity contribution < 1.29 is 61.3 Å². The van der Waals surface area contributed by atoms with Gasteiger partial charge in [0.05, 0.1) is 126 Å². The van der Waals surface area contributed by atoms with E-state index in [9.17, 15) is 9.18 Å². The SMILES string of the molecule is CCOC(=O)/C=C/c1cc(F)cc(OCCOCCOCCOCCOCCOCCOCCOCCOCCOCCN)c1. The summed E-state index contributed by atoms with van der Waals surface area (Å²) < 4.78 is 72.8. The van der Waals surface area contributed by atoms with Crippen molar-refractivity contribution in [2.45, 2.75) is 6.92 Å². The van der Waals surface area contributed by atoms with E-state index in [1.807, 2.05) is 0 Å². The largest absolute Gasteiger partial charge is 0.491 e. The van der Waals surface area contributed by atoms with E-state index >= 15 is 0 Å². The van der Waals surface area contributed by atoms with Crippen molar-refractivity contribution in [2.75, 3.05) is 139 Å². The number of hydrogen-bond donors (Lipinski definition) is 1. The molecule has 0 saturated heterocycles. The number of hydrogen-bond acceptors (Lipinski definition) is 13. The molecule has 0 aliphatic heterocycles. The molecule has 1 rings (SSSR count). The van der Waals surface area contributed by atoms with Crippen LogP contribution < -0.4 is 10.5 Å². The van der Waals surface area contributed by atoms with E-state index in [1.54, 1.807) is 13.0 Å². The van der Waals surface area contributed by atoms with Crippen LogP contribution in [0.3, 0.4) is 0 Å². The fourth-order valence-electron chi connectivity index (χ4n) is 3.28. The molecule has 0 radical (unpaired) electrons. The highest BCUT2D eigenvalue weighted by Crippen LogP contribution is 2.17. The summed E-state index contributed by atoms with van der Waals surface area (Å²) in [4.78, 5) is 11.4. The maximum atomic E-state index is 13.8. The van der Waals surface area contributed by atoms with Crippen LogP contribution in [-0.4, -0.2) is 145 Å². The lowest BCUT2D eigenvalue weighted by Crippen LogP contribution is -2.15. The Morgan fingerprint density at radius 1 is 0.600 bits per heavy atom. The van der Waals surface area contributed by atoms with E-state index in [4.69, 9.17) is 57.8 Å². The van der Waals surface area contributed by atoms with E-state index < -0.39 is 11.8 Å². The Balaban J connectivity index is 1.79. The first-order valence-corrected chi connectivity index (χ1v) is 15.3. The second-order valence-corrected chi connectivity index (χ2v) is 8.95. The minimum atomic E-state index is -0.491. The smallest absolute Gasteiger partial charge is 0.330 e. The van der Waals surface area contributed by atoms with Crippen LogP contribution in [0.25, 0.3) is 6.08 Å². The second-order valence-electron chi connectivity index (χ2n) is 8.95. The average molecular weight is 650 g/mol. The molecule has 0 fully saturated rings.